The summed E-state index contributed by atoms with van der Waals surface area (Å²) in [7, 11) is 0. The zero-order valence-electron chi connectivity index (χ0n) is 12.0. The average Bonchev–Trinajstić information content (AvgIpc) is 2.87. The van der Waals surface area contributed by atoms with Gasteiger partial charge in [0.1, 0.15) is 0 Å². The summed E-state index contributed by atoms with van der Waals surface area (Å²) < 4.78 is 9.94. The molecule has 110 valence electrons. The molecule has 0 N–H and O–H groups in total. The lowest BCUT2D eigenvalue weighted by atomic mass is 9.89. The van der Waals surface area contributed by atoms with Gasteiger partial charge in [0.15, 0.2) is 0 Å². The smallest absolute Gasteiger partial charge is 0.396 e. The quantitative estimate of drug-likeness (QED) is 0.414. The number of hydrogen-bond acceptors (Lipinski definition) is 7. The highest BCUT2D eigenvalue weighted by atomic mass is 32.2. The zero-order valence-corrected chi connectivity index (χ0v) is 12.8. The summed E-state index contributed by atoms with van der Waals surface area (Å²) in [5, 5.41) is 16.7. The molecule has 0 fully saturated rings. The molecule has 0 amide bonds. The van der Waals surface area contributed by atoms with E-state index in [1.165, 1.54) is 11.8 Å². The van der Waals surface area contributed by atoms with Crippen LogP contribution in [0.3, 0.4) is 0 Å². The number of esters is 1. The summed E-state index contributed by atoms with van der Waals surface area (Å²) in [5.74, 6) is 0.106. The van der Waals surface area contributed by atoms with Crippen molar-refractivity contribution in [3.8, 4) is 6.07 Å². The maximum absolute atomic E-state index is 11.3. The maximum atomic E-state index is 11.3. The molecule has 1 rings (SSSR count). The van der Waals surface area contributed by atoms with Gasteiger partial charge >= 0.3 is 11.9 Å². The molecule has 6 nitrogen and oxygen atoms in total. The summed E-state index contributed by atoms with van der Waals surface area (Å²) >= 11 is 1.40. The van der Waals surface area contributed by atoms with Crippen LogP contribution >= 0.6 is 11.8 Å². The first kappa shape index (κ1) is 16.5. The first-order valence-electron chi connectivity index (χ1n) is 6.53. The van der Waals surface area contributed by atoms with Crippen LogP contribution < -0.4 is 0 Å². The molecule has 20 heavy (non-hydrogen) atoms. The third kappa shape index (κ3) is 5.61. The maximum Gasteiger partial charge on any atom is 0.396 e. The number of carbonyl (C=O) groups excluding carboxylic acids is 1. The highest BCUT2D eigenvalue weighted by Gasteiger charge is 2.17. The summed E-state index contributed by atoms with van der Waals surface area (Å²) in [6.45, 7) is 5.86. The van der Waals surface area contributed by atoms with Crippen molar-refractivity contribution in [1.29, 1.82) is 5.26 Å². The largest absolute Gasteiger partial charge is 0.459 e. The van der Waals surface area contributed by atoms with E-state index in [-0.39, 0.29) is 17.9 Å². The average molecular weight is 297 g/mol. The Kier molecular flexibility index (Phi) is 6.52. The van der Waals surface area contributed by atoms with Crippen LogP contribution in [0.5, 0.6) is 0 Å². The number of hydrogen-bond donors (Lipinski definition) is 0. The van der Waals surface area contributed by atoms with Gasteiger partial charge in [-0.15, -0.1) is 5.10 Å². The van der Waals surface area contributed by atoms with Crippen molar-refractivity contribution >= 4 is 17.7 Å². The second kappa shape index (κ2) is 7.90. The van der Waals surface area contributed by atoms with Crippen molar-refractivity contribution in [2.24, 2.45) is 5.41 Å². The van der Waals surface area contributed by atoms with Crippen LogP contribution in [0.2, 0.25) is 0 Å². The monoisotopic (exact) mass is 297 g/mol. The molecule has 0 aliphatic carbocycles. The molecule has 0 saturated heterocycles. The summed E-state index contributed by atoms with van der Waals surface area (Å²) in [6.07, 6.45) is 2.78. The highest BCUT2D eigenvalue weighted by Crippen LogP contribution is 2.24. The second-order valence-electron chi connectivity index (χ2n) is 4.89. The summed E-state index contributed by atoms with van der Waals surface area (Å²) in [5.41, 5.74) is -0.272. The molecule has 0 atom stereocenters. The van der Waals surface area contributed by atoms with E-state index in [2.05, 4.69) is 16.3 Å². The Morgan fingerprint density at radius 1 is 1.45 bits per heavy atom. The number of thioether (sulfide) groups is 1. The summed E-state index contributed by atoms with van der Waals surface area (Å²) in [6, 6.07) is 2.28. The number of nitrogens with zero attached hydrogens (tertiary/aromatic N) is 3. The normalized spacial score (nSPS) is 11.1. The van der Waals surface area contributed by atoms with Gasteiger partial charge in [-0.1, -0.05) is 23.3 Å². The van der Waals surface area contributed by atoms with Gasteiger partial charge in [-0.05, 0) is 33.6 Å². The van der Waals surface area contributed by atoms with Crippen LogP contribution in [0.25, 0.3) is 0 Å². The minimum Gasteiger partial charge on any atom is -0.459 e. The summed E-state index contributed by atoms with van der Waals surface area (Å²) in [4.78, 5) is 11.3. The third-order valence-corrected chi connectivity index (χ3v) is 3.49. The molecule has 0 saturated carbocycles. The van der Waals surface area contributed by atoms with Crippen molar-refractivity contribution in [2.75, 3.05) is 12.4 Å². The Labute approximate surface area is 122 Å². The molecule has 1 aromatic rings. The van der Waals surface area contributed by atoms with Crippen LogP contribution in [0.15, 0.2) is 9.64 Å². The number of unbranched alkanes of at least 4 members (excludes halogenated alkanes) is 1. The molecule has 0 bridgehead atoms. The third-order valence-electron chi connectivity index (χ3n) is 2.58. The van der Waals surface area contributed by atoms with Gasteiger partial charge in [0.25, 0.3) is 5.22 Å². The topological polar surface area (TPSA) is 89.0 Å². The van der Waals surface area contributed by atoms with Crippen LogP contribution in [0.1, 0.15) is 50.7 Å². The van der Waals surface area contributed by atoms with E-state index in [0.717, 1.165) is 25.0 Å². The molecular weight excluding hydrogens is 278 g/mol. The molecule has 0 spiro atoms. The number of rotatable bonds is 8. The molecule has 0 aliphatic rings. The van der Waals surface area contributed by atoms with E-state index >= 15 is 0 Å². The van der Waals surface area contributed by atoms with Crippen molar-refractivity contribution in [3.63, 3.8) is 0 Å². The Bertz CT molecular complexity index is 479. The predicted octanol–water partition coefficient (Wildman–Crippen LogP) is 3.06. The molecule has 7 heteroatoms. The number of aromatic nitrogens is 2. The van der Waals surface area contributed by atoms with Crippen LogP contribution in [-0.4, -0.2) is 28.5 Å². The van der Waals surface area contributed by atoms with Gasteiger partial charge in [0.2, 0.25) is 0 Å². The van der Waals surface area contributed by atoms with Gasteiger partial charge in [-0.25, -0.2) is 4.79 Å². The Morgan fingerprint density at radius 3 is 2.85 bits per heavy atom. The molecule has 1 heterocycles. The molecular formula is C13H19N3O3S. The fourth-order valence-electron chi connectivity index (χ4n) is 1.43. The van der Waals surface area contributed by atoms with Crippen molar-refractivity contribution in [2.45, 2.75) is 45.3 Å². The van der Waals surface area contributed by atoms with Crippen molar-refractivity contribution < 1.29 is 13.9 Å². The molecule has 1 aromatic heterocycles. The number of carbonyl (C=O) groups is 1. The van der Waals surface area contributed by atoms with Crippen LogP contribution in [-0.2, 0) is 4.74 Å². The SMILES string of the molecule is CCOC(=O)c1nnc(SCCCCC(C)(C)C#N)o1. The number of ether oxygens (including phenoxy) is 1. The Hall–Kier alpha value is -1.55. The van der Waals surface area contributed by atoms with Gasteiger partial charge in [-0.3, -0.25) is 0 Å². The van der Waals surface area contributed by atoms with Gasteiger partial charge in [0, 0.05) is 5.75 Å². The Balaban J connectivity index is 2.26. The molecule has 0 aliphatic heterocycles. The van der Waals surface area contributed by atoms with E-state index in [4.69, 9.17) is 14.4 Å². The minimum atomic E-state index is -0.595. The number of nitriles is 1. The lowest BCUT2D eigenvalue weighted by Gasteiger charge is -2.13. The first-order valence-corrected chi connectivity index (χ1v) is 7.52. The molecule has 0 aromatic carbocycles. The lowest BCUT2D eigenvalue weighted by Crippen LogP contribution is -2.07. The van der Waals surface area contributed by atoms with Gasteiger partial charge in [0.05, 0.1) is 18.1 Å². The van der Waals surface area contributed by atoms with E-state index in [1.54, 1.807) is 6.92 Å². The van der Waals surface area contributed by atoms with Crippen LogP contribution in [0.4, 0.5) is 0 Å². The molecule has 0 unspecified atom stereocenters. The van der Waals surface area contributed by atoms with Gasteiger partial charge in [-0.2, -0.15) is 5.26 Å². The fourth-order valence-corrected chi connectivity index (χ4v) is 2.19. The van der Waals surface area contributed by atoms with Crippen LogP contribution in [0, 0.1) is 16.7 Å². The zero-order chi connectivity index (χ0) is 15.0. The lowest BCUT2D eigenvalue weighted by molar-refractivity contribution is 0.0475. The predicted molar refractivity (Wildman–Crippen MR) is 74.2 cm³/mol. The highest BCUT2D eigenvalue weighted by molar-refractivity contribution is 7.99. The Morgan fingerprint density at radius 2 is 2.20 bits per heavy atom. The van der Waals surface area contributed by atoms with Gasteiger partial charge < -0.3 is 9.15 Å². The van der Waals surface area contributed by atoms with E-state index in [0.29, 0.717) is 5.22 Å². The van der Waals surface area contributed by atoms with Crippen molar-refractivity contribution in [3.05, 3.63) is 5.89 Å². The first-order chi connectivity index (χ1) is 9.48. The fraction of sp³-hybridized carbons (Fsp3) is 0.692. The standard InChI is InChI=1S/C13H19N3O3S/c1-4-18-11(17)10-15-16-12(19-10)20-8-6-5-7-13(2,3)9-14/h4-8H2,1-3H3. The molecule has 0 radical (unpaired) electrons. The second-order valence-corrected chi connectivity index (χ2v) is 5.94. The van der Waals surface area contributed by atoms with E-state index in [1.807, 2.05) is 13.8 Å². The minimum absolute atomic E-state index is 0.111. The van der Waals surface area contributed by atoms with E-state index in [9.17, 15) is 4.79 Å². The van der Waals surface area contributed by atoms with Crippen molar-refractivity contribution in [1.82, 2.24) is 10.2 Å². The van der Waals surface area contributed by atoms with E-state index < -0.39 is 5.97 Å².